The van der Waals surface area contributed by atoms with Crippen molar-refractivity contribution in [3.8, 4) is 5.75 Å². The van der Waals surface area contributed by atoms with Crippen molar-refractivity contribution < 1.29 is 9.47 Å². The Kier molecular flexibility index (Phi) is 12.6. The number of hydrogen-bond acceptors (Lipinski definition) is 4. The van der Waals surface area contributed by atoms with Crippen LogP contribution in [-0.4, -0.2) is 44.4 Å². The van der Waals surface area contributed by atoms with Gasteiger partial charge in [-0.05, 0) is 42.7 Å². The highest BCUT2D eigenvalue weighted by Crippen LogP contribution is 2.14. The summed E-state index contributed by atoms with van der Waals surface area (Å²) in [5.74, 6) is 1.61. The monoisotopic (exact) mass is 518 g/mol. The Hall–Kier alpha value is -1.58. The molecule has 1 heterocycles. The van der Waals surface area contributed by atoms with Gasteiger partial charge in [0.25, 0.3) is 0 Å². The van der Waals surface area contributed by atoms with Gasteiger partial charge in [-0.3, -0.25) is 0 Å². The molecular formula is C20H28ClIN4O2. The fourth-order valence-corrected chi connectivity index (χ4v) is 2.48. The summed E-state index contributed by atoms with van der Waals surface area (Å²) in [7, 11) is 1.66. The number of halogens is 2. The summed E-state index contributed by atoms with van der Waals surface area (Å²) >= 11 is 5.81. The van der Waals surface area contributed by atoms with Gasteiger partial charge in [-0.1, -0.05) is 29.8 Å². The molecule has 0 bridgehead atoms. The molecule has 0 unspecified atom stereocenters. The van der Waals surface area contributed by atoms with Gasteiger partial charge in [0.15, 0.2) is 5.96 Å². The number of rotatable bonds is 10. The number of nitrogens with zero attached hydrogens (tertiary/aromatic N) is 2. The average Bonchev–Trinajstić information content (AvgIpc) is 2.68. The summed E-state index contributed by atoms with van der Waals surface area (Å²) < 4.78 is 10.6. The molecule has 1 aromatic carbocycles. The number of pyridine rings is 1. The average molecular weight is 519 g/mol. The van der Waals surface area contributed by atoms with E-state index in [1.807, 2.05) is 37.3 Å². The van der Waals surface area contributed by atoms with Crippen LogP contribution in [0.3, 0.4) is 0 Å². The molecule has 0 saturated carbocycles. The zero-order valence-corrected chi connectivity index (χ0v) is 19.4. The van der Waals surface area contributed by atoms with E-state index in [0.29, 0.717) is 24.9 Å². The van der Waals surface area contributed by atoms with Crippen LogP contribution < -0.4 is 15.4 Å². The van der Waals surface area contributed by atoms with Crippen LogP contribution in [0.15, 0.2) is 47.6 Å². The highest BCUT2D eigenvalue weighted by Gasteiger charge is 2.01. The van der Waals surface area contributed by atoms with Crippen molar-refractivity contribution in [1.29, 1.82) is 0 Å². The second-order valence-corrected chi connectivity index (χ2v) is 6.24. The van der Waals surface area contributed by atoms with Gasteiger partial charge in [-0.2, -0.15) is 0 Å². The number of aliphatic imine (C=N–C) groups is 1. The second kappa shape index (κ2) is 14.4. The van der Waals surface area contributed by atoms with Crippen molar-refractivity contribution in [1.82, 2.24) is 15.6 Å². The third-order valence-electron chi connectivity index (χ3n) is 3.71. The minimum absolute atomic E-state index is 0. The Bertz CT molecular complexity index is 714. The minimum Gasteiger partial charge on any atom is -0.491 e. The number of aromatic nitrogens is 1. The van der Waals surface area contributed by atoms with E-state index in [-0.39, 0.29) is 24.0 Å². The van der Waals surface area contributed by atoms with Crippen LogP contribution in [0.4, 0.5) is 0 Å². The molecule has 0 radical (unpaired) electrons. The quantitative estimate of drug-likeness (QED) is 0.165. The standard InChI is InChI=1S/C20H27ClN4O2.HI/c1-3-22-20(23-10-9-16-7-8-19(21)24-14-16)25-15-17-5-4-6-18(13-17)27-12-11-26-2;/h4-8,13-14H,3,9-12,15H2,1-2H3,(H2,22,23,25);1H. The summed E-state index contributed by atoms with van der Waals surface area (Å²) in [5.41, 5.74) is 2.22. The lowest BCUT2D eigenvalue weighted by Crippen LogP contribution is -2.38. The van der Waals surface area contributed by atoms with E-state index in [4.69, 9.17) is 21.1 Å². The summed E-state index contributed by atoms with van der Waals surface area (Å²) in [5, 5.41) is 7.11. The molecule has 1 aromatic heterocycles. The highest BCUT2D eigenvalue weighted by atomic mass is 127. The normalized spacial score (nSPS) is 10.9. The minimum atomic E-state index is 0. The SMILES string of the molecule is CCNC(=NCc1cccc(OCCOC)c1)NCCc1ccc(Cl)nc1.I. The van der Waals surface area contributed by atoms with Crippen LogP contribution in [0.1, 0.15) is 18.1 Å². The van der Waals surface area contributed by atoms with Crippen molar-refractivity contribution in [3.63, 3.8) is 0 Å². The van der Waals surface area contributed by atoms with Gasteiger partial charge in [0.1, 0.15) is 17.5 Å². The van der Waals surface area contributed by atoms with E-state index < -0.39 is 0 Å². The zero-order chi connectivity index (χ0) is 19.3. The molecule has 0 amide bonds. The van der Waals surface area contributed by atoms with Gasteiger partial charge >= 0.3 is 0 Å². The molecule has 0 aliphatic heterocycles. The number of benzene rings is 1. The van der Waals surface area contributed by atoms with E-state index >= 15 is 0 Å². The van der Waals surface area contributed by atoms with Gasteiger partial charge in [0, 0.05) is 26.4 Å². The summed E-state index contributed by atoms with van der Waals surface area (Å²) in [4.78, 5) is 8.74. The van der Waals surface area contributed by atoms with Crippen molar-refractivity contribution in [2.45, 2.75) is 19.9 Å². The first-order valence-corrected chi connectivity index (χ1v) is 9.42. The van der Waals surface area contributed by atoms with Crippen molar-refractivity contribution in [2.75, 3.05) is 33.4 Å². The Balaban J connectivity index is 0.00000392. The lowest BCUT2D eigenvalue weighted by Gasteiger charge is -2.12. The largest absolute Gasteiger partial charge is 0.491 e. The number of guanidine groups is 1. The Morgan fingerprint density at radius 1 is 1.14 bits per heavy atom. The number of nitrogens with one attached hydrogen (secondary N) is 2. The molecule has 0 spiro atoms. The molecule has 2 aromatic rings. The molecule has 8 heteroatoms. The molecule has 2 N–H and O–H groups in total. The number of methoxy groups -OCH3 is 1. The van der Waals surface area contributed by atoms with Crippen molar-refractivity contribution >= 4 is 41.5 Å². The summed E-state index contributed by atoms with van der Waals surface area (Å²) in [6.45, 7) is 5.28. The summed E-state index contributed by atoms with van der Waals surface area (Å²) in [6, 6.07) is 11.7. The van der Waals surface area contributed by atoms with Gasteiger partial charge in [0.2, 0.25) is 0 Å². The van der Waals surface area contributed by atoms with Crippen LogP contribution in [0.2, 0.25) is 5.15 Å². The lowest BCUT2D eigenvalue weighted by atomic mass is 10.2. The maximum atomic E-state index is 5.81. The third kappa shape index (κ3) is 9.57. The van der Waals surface area contributed by atoms with Gasteiger partial charge in [-0.25, -0.2) is 9.98 Å². The molecule has 0 atom stereocenters. The topological polar surface area (TPSA) is 67.8 Å². The maximum Gasteiger partial charge on any atom is 0.191 e. The maximum absolute atomic E-state index is 5.81. The molecule has 0 aliphatic carbocycles. The predicted octanol–water partition coefficient (Wildman–Crippen LogP) is 3.68. The Labute approximate surface area is 189 Å². The van der Waals surface area contributed by atoms with Gasteiger partial charge < -0.3 is 20.1 Å². The Morgan fingerprint density at radius 2 is 2.00 bits per heavy atom. The first-order chi connectivity index (χ1) is 13.2. The van der Waals surface area contributed by atoms with Crippen molar-refractivity contribution in [2.24, 2.45) is 4.99 Å². The molecular weight excluding hydrogens is 491 g/mol. The first-order valence-electron chi connectivity index (χ1n) is 9.04. The lowest BCUT2D eigenvalue weighted by molar-refractivity contribution is 0.146. The van der Waals surface area contributed by atoms with Crippen molar-refractivity contribution in [3.05, 3.63) is 58.9 Å². The zero-order valence-electron chi connectivity index (χ0n) is 16.3. The highest BCUT2D eigenvalue weighted by molar-refractivity contribution is 14.0. The van der Waals surface area contributed by atoms with Crippen LogP contribution in [0.5, 0.6) is 5.75 Å². The van der Waals surface area contributed by atoms with E-state index in [9.17, 15) is 0 Å². The van der Waals surface area contributed by atoms with E-state index in [1.54, 1.807) is 19.4 Å². The first kappa shape index (κ1) is 24.5. The number of ether oxygens (including phenoxy) is 2. The predicted molar refractivity (Wildman–Crippen MR) is 125 cm³/mol. The molecule has 0 fully saturated rings. The molecule has 154 valence electrons. The van der Waals surface area contributed by atoms with E-state index in [2.05, 4.69) is 20.6 Å². The third-order valence-corrected chi connectivity index (χ3v) is 3.94. The van der Waals surface area contributed by atoms with Crippen LogP contribution in [-0.2, 0) is 17.7 Å². The molecule has 0 aliphatic rings. The number of hydrogen-bond donors (Lipinski definition) is 2. The van der Waals surface area contributed by atoms with Crippen LogP contribution >= 0.6 is 35.6 Å². The molecule has 28 heavy (non-hydrogen) atoms. The molecule has 2 rings (SSSR count). The fourth-order valence-electron chi connectivity index (χ4n) is 2.37. The van der Waals surface area contributed by atoms with E-state index in [0.717, 1.165) is 42.3 Å². The van der Waals surface area contributed by atoms with Crippen LogP contribution in [0.25, 0.3) is 0 Å². The second-order valence-electron chi connectivity index (χ2n) is 5.85. The Morgan fingerprint density at radius 3 is 2.71 bits per heavy atom. The fraction of sp³-hybridized carbons (Fsp3) is 0.400. The molecule has 0 saturated heterocycles. The van der Waals surface area contributed by atoms with Gasteiger partial charge in [-0.15, -0.1) is 24.0 Å². The van der Waals surface area contributed by atoms with E-state index in [1.165, 1.54) is 0 Å². The smallest absolute Gasteiger partial charge is 0.191 e. The van der Waals surface area contributed by atoms with Gasteiger partial charge in [0.05, 0.1) is 13.2 Å². The van der Waals surface area contributed by atoms with Crippen LogP contribution in [0, 0.1) is 0 Å². The molecule has 6 nitrogen and oxygen atoms in total. The summed E-state index contributed by atoms with van der Waals surface area (Å²) in [6.07, 6.45) is 2.64.